The standard InChI is InChI=1S/C15H18F3N3/c1-10(2)19-8-7-14-20-9-13(21-14)11-3-5-12(6-4-11)15(16,17)18/h3-6,9-10,19H,7-8H2,1-2H3,(H,20,21). The van der Waals surface area contributed by atoms with E-state index in [2.05, 4.69) is 29.1 Å². The van der Waals surface area contributed by atoms with E-state index in [4.69, 9.17) is 0 Å². The summed E-state index contributed by atoms with van der Waals surface area (Å²) in [7, 11) is 0. The molecule has 0 spiro atoms. The molecule has 0 saturated heterocycles. The lowest BCUT2D eigenvalue weighted by atomic mass is 10.1. The summed E-state index contributed by atoms with van der Waals surface area (Å²) >= 11 is 0. The van der Waals surface area contributed by atoms with Gasteiger partial charge in [-0.3, -0.25) is 0 Å². The second kappa shape index (κ2) is 6.30. The van der Waals surface area contributed by atoms with Gasteiger partial charge in [0.05, 0.1) is 17.5 Å². The van der Waals surface area contributed by atoms with Gasteiger partial charge in [0.1, 0.15) is 5.82 Å². The zero-order chi connectivity index (χ0) is 15.5. The summed E-state index contributed by atoms with van der Waals surface area (Å²) in [6.45, 7) is 4.93. The Labute approximate surface area is 121 Å². The van der Waals surface area contributed by atoms with Gasteiger partial charge in [0.2, 0.25) is 0 Å². The lowest BCUT2D eigenvalue weighted by molar-refractivity contribution is -0.137. The minimum atomic E-state index is -4.31. The number of rotatable bonds is 5. The number of aromatic nitrogens is 2. The maximum atomic E-state index is 12.5. The van der Waals surface area contributed by atoms with E-state index in [0.29, 0.717) is 11.6 Å². The first kappa shape index (κ1) is 15.6. The SMILES string of the molecule is CC(C)NCCc1ncc(-c2ccc(C(F)(F)F)cc2)[nH]1. The first-order valence-electron chi connectivity index (χ1n) is 6.81. The molecule has 1 aromatic carbocycles. The topological polar surface area (TPSA) is 40.7 Å². The lowest BCUT2D eigenvalue weighted by Crippen LogP contribution is -2.25. The maximum Gasteiger partial charge on any atom is 0.416 e. The van der Waals surface area contributed by atoms with Crippen molar-refractivity contribution in [2.24, 2.45) is 0 Å². The summed E-state index contributed by atoms with van der Waals surface area (Å²) in [5, 5.41) is 3.28. The molecule has 0 fully saturated rings. The Morgan fingerprint density at radius 1 is 1.19 bits per heavy atom. The van der Waals surface area contributed by atoms with Crippen LogP contribution in [0.5, 0.6) is 0 Å². The van der Waals surface area contributed by atoms with Crippen molar-refractivity contribution in [1.82, 2.24) is 15.3 Å². The molecular weight excluding hydrogens is 279 g/mol. The van der Waals surface area contributed by atoms with Gasteiger partial charge in [0.25, 0.3) is 0 Å². The molecule has 21 heavy (non-hydrogen) atoms. The molecule has 1 heterocycles. The molecule has 2 rings (SSSR count). The quantitative estimate of drug-likeness (QED) is 0.884. The van der Waals surface area contributed by atoms with E-state index in [9.17, 15) is 13.2 Å². The molecular formula is C15H18F3N3. The molecule has 0 aliphatic rings. The van der Waals surface area contributed by atoms with Gasteiger partial charge in [-0.1, -0.05) is 26.0 Å². The largest absolute Gasteiger partial charge is 0.416 e. The van der Waals surface area contributed by atoms with Crippen LogP contribution in [0.4, 0.5) is 13.2 Å². The van der Waals surface area contributed by atoms with Gasteiger partial charge in [0.15, 0.2) is 0 Å². The highest BCUT2D eigenvalue weighted by molar-refractivity contribution is 5.59. The van der Waals surface area contributed by atoms with Crippen molar-refractivity contribution in [2.75, 3.05) is 6.54 Å². The number of nitrogens with zero attached hydrogens (tertiary/aromatic N) is 1. The van der Waals surface area contributed by atoms with Crippen molar-refractivity contribution >= 4 is 0 Å². The number of halogens is 3. The van der Waals surface area contributed by atoms with Crippen molar-refractivity contribution in [3.05, 3.63) is 41.9 Å². The van der Waals surface area contributed by atoms with Crippen molar-refractivity contribution in [2.45, 2.75) is 32.5 Å². The average molecular weight is 297 g/mol. The molecule has 0 bridgehead atoms. The Balaban J connectivity index is 2.04. The zero-order valence-electron chi connectivity index (χ0n) is 12.0. The molecule has 0 aliphatic carbocycles. The van der Waals surface area contributed by atoms with Crippen LogP contribution in [0.25, 0.3) is 11.3 Å². The predicted molar refractivity (Wildman–Crippen MR) is 75.9 cm³/mol. The number of alkyl halides is 3. The Hall–Kier alpha value is -1.82. The monoisotopic (exact) mass is 297 g/mol. The molecule has 0 radical (unpaired) electrons. The Kier molecular flexibility index (Phi) is 4.67. The number of aromatic amines is 1. The van der Waals surface area contributed by atoms with E-state index in [-0.39, 0.29) is 0 Å². The number of imidazole rings is 1. The van der Waals surface area contributed by atoms with Crippen molar-refractivity contribution in [3.8, 4) is 11.3 Å². The molecule has 0 amide bonds. The van der Waals surface area contributed by atoms with Crippen LogP contribution in [-0.2, 0) is 12.6 Å². The third kappa shape index (κ3) is 4.32. The number of nitrogens with one attached hydrogen (secondary N) is 2. The molecule has 0 atom stereocenters. The molecule has 3 nitrogen and oxygen atoms in total. The normalized spacial score (nSPS) is 12.1. The van der Waals surface area contributed by atoms with Crippen molar-refractivity contribution < 1.29 is 13.2 Å². The van der Waals surface area contributed by atoms with Crippen LogP contribution < -0.4 is 5.32 Å². The molecule has 0 saturated carbocycles. The molecule has 2 N–H and O–H groups in total. The van der Waals surface area contributed by atoms with Gasteiger partial charge in [-0.05, 0) is 17.7 Å². The summed E-state index contributed by atoms with van der Waals surface area (Å²) in [6, 6.07) is 5.47. The van der Waals surface area contributed by atoms with Gasteiger partial charge < -0.3 is 10.3 Å². The zero-order valence-corrected chi connectivity index (χ0v) is 12.0. The van der Waals surface area contributed by atoms with Gasteiger partial charge in [-0.2, -0.15) is 13.2 Å². The van der Waals surface area contributed by atoms with Crippen LogP contribution in [0.3, 0.4) is 0 Å². The maximum absolute atomic E-state index is 12.5. The number of hydrogen-bond donors (Lipinski definition) is 2. The van der Waals surface area contributed by atoms with E-state index in [1.165, 1.54) is 12.1 Å². The highest BCUT2D eigenvalue weighted by atomic mass is 19.4. The molecule has 1 aromatic heterocycles. The summed E-state index contributed by atoms with van der Waals surface area (Å²) in [5.74, 6) is 0.818. The number of hydrogen-bond acceptors (Lipinski definition) is 2. The fourth-order valence-corrected chi connectivity index (χ4v) is 1.95. The van der Waals surface area contributed by atoms with Crippen molar-refractivity contribution in [1.29, 1.82) is 0 Å². The molecule has 0 aliphatic heterocycles. The third-order valence-corrected chi connectivity index (χ3v) is 3.07. The molecule has 0 unspecified atom stereocenters. The van der Waals surface area contributed by atoms with Gasteiger partial charge >= 0.3 is 6.18 Å². The summed E-state index contributed by atoms with van der Waals surface area (Å²) in [6.07, 6.45) is -1.91. The minimum absolute atomic E-state index is 0.411. The van der Waals surface area contributed by atoms with Gasteiger partial charge in [-0.15, -0.1) is 0 Å². The van der Waals surface area contributed by atoms with Crippen LogP contribution in [0.2, 0.25) is 0 Å². The summed E-state index contributed by atoms with van der Waals surface area (Å²) in [4.78, 5) is 7.37. The van der Waals surface area contributed by atoms with E-state index in [1.807, 2.05) is 0 Å². The highest BCUT2D eigenvalue weighted by Gasteiger charge is 2.29. The first-order valence-corrected chi connectivity index (χ1v) is 6.81. The Morgan fingerprint density at radius 2 is 1.86 bits per heavy atom. The van der Waals surface area contributed by atoms with Crippen LogP contribution in [-0.4, -0.2) is 22.6 Å². The van der Waals surface area contributed by atoms with Crippen LogP contribution in [0.1, 0.15) is 25.2 Å². The molecule has 114 valence electrons. The smallest absolute Gasteiger partial charge is 0.342 e. The first-order chi connectivity index (χ1) is 9.86. The fraction of sp³-hybridized carbons (Fsp3) is 0.400. The Bertz CT molecular complexity index is 571. The number of H-pyrrole nitrogens is 1. The Morgan fingerprint density at radius 3 is 2.43 bits per heavy atom. The van der Waals surface area contributed by atoms with Crippen LogP contribution in [0.15, 0.2) is 30.5 Å². The third-order valence-electron chi connectivity index (χ3n) is 3.07. The molecule has 2 aromatic rings. The van der Waals surface area contributed by atoms with E-state index < -0.39 is 11.7 Å². The molecule has 6 heteroatoms. The van der Waals surface area contributed by atoms with E-state index >= 15 is 0 Å². The van der Waals surface area contributed by atoms with Crippen molar-refractivity contribution in [3.63, 3.8) is 0 Å². The summed E-state index contributed by atoms with van der Waals surface area (Å²) < 4.78 is 37.5. The van der Waals surface area contributed by atoms with Crippen LogP contribution >= 0.6 is 0 Å². The second-order valence-corrected chi connectivity index (χ2v) is 5.18. The van der Waals surface area contributed by atoms with E-state index in [1.54, 1.807) is 6.20 Å². The fourth-order valence-electron chi connectivity index (χ4n) is 1.95. The average Bonchev–Trinajstić information content (AvgIpc) is 2.86. The van der Waals surface area contributed by atoms with Crippen LogP contribution in [0, 0.1) is 0 Å². The van der Waals surface area contributed by atoms with Gasteiger partial charge in [-0.25, -0.2) is 4.98 Å². The predicted octanol–water partition coefficient (Wildman–Crippen LogP) is 3.64. The highest BCUT2D eigenvalue weighted by Crippen LogP contribution is 2.30. The van der Waals surface area contributed by atoms with Gasteiger partial charge in [0, 0.05) is 19.0 Å². The second-order valence-electron chi connectivity index (χ2n) is 5.18. The lowest BCUT2D eigenvalue weighted by Gasteiger charge is -2.07. The minimum Gasteiger partial charge on any atom is -0.342 e. The number of benzene rings is 1. The van der Waals surface area contributed by atoms with E-state index in [0.717, 1.165) is 36.6 Å². The summed E-state index contributed by atoms with van der Waals surface area (Å²) in [5.41, 5.74) is 0.772.